The van der Waals surface area contributed by atoms with Crippen LogP contribution in [0.25, 0.3) is 10.8 Å². The summed E-state index contributed by atoms with van der Waals surface area (Å²) in [6.45, 7) is 0. The van der Waals surface area contributed by atoms with Crippen LogP contribution in [-0.4, -0.2) is 33.7 Å². The van der Waals surface area contributed by atoms with Crippen molar-refractivity contribution in [3.63, 3.8) is 0 Å². The van der Waals surface area contributed by atoms with E-state index in [4.69, 9.17) is 0 Å². The summed E-state index contributed by atoms with van der Waals surface area (Å²) in [5.74, 6) is -1.69. The molecule has 3 rings (SSSR count). The monoisotopic (exact) mass is 399 g/mol. The van der Waals surface area contributed by atoms with Crippen molar-refractivity contribution in [1.29, 1.82) is 0 Å². The molecule has 0 fully saturated rings. The van der Waals surface area contributed by atoms with Crippen LogP contribution in [0, 0.1) is 0 Å². The lowest BCUT2D eigenvalue weighted by Gasteiger charge is -2.29. The zero-order valence-electron chi connectivity index (χ0n) is 14.5. The molecule has 0 heterocycles. The minimum Gasteiger partial charge on any atom is -0.479 e. The summed E-state index contributed by atoms with van der Waals surface area (Å²) in [5.41, 5.74) is -1.37. The van der Waals surface area contributed by atoms with Gasteiger partial charge in [0, 0.05) is 16.6 Å². The Balaban J connectivity index is 1.96. The largest absolute Gasteiger partial charge is 0.479 e. The number of carboxylic acids is 1. The molecule has 27 heavy (non-hydrogen) atoms. The maximum atomic E-state index is 11.9. The highest BCUT2D eigenvalue weighted by Gasteiger charge is 2.48. The second-order valence-corrected chi connectivity index (χ2v) is 8.01. The van der Waals surface area contributed by atoms with E-state index in [2.05, 4.69) is 0 Å². The molecule has 3 atom stereocenters. The summed E-state index contributed by atoms with van der Waals surface area (Å²) in [4.78, 5) is 12.9. The maximum absolute atomic E-state index is 11.9. The van der Waals surface area contributed by atoms with Crippen LogP contribution < -0.4 is 0 Å². The quantitative estimate of drug-likeness (QED) is 0.429. The van der Waals surface area contributed by atoms with Crippen molar-refractivity contribution in [2.24, 2.45) is 0 Å². The fourth-order valence-electron chi connectivity index (χ4n) is 3.15. The van der Waals surface area contributed by atoms with Gasteiger partial charge in [-0.25, -0.2) is 4.79 Å². The molecule has 3 aromatic rings. The lowest BCUT2D eigenvalue weighted by Crippen LogP contribution is -2.47. The zero-order chi connectivity index (χ0) is 19.3. The Morgan fingerprint density at radius 3 is 2.37 bits per heavy atom. The number of aliphatic carboxylic acids is 1. The first-order valence-electron chi connectivity index (χ1n) is 8.52. The van der Waals surface area contributed by atoms with Crippen molar-refractivity contribution in [2.75, 3.05) is 11.9 Å². The van der Waals surface area contributed by atoms with Crippen LogP contribution in [0.5, 0.6) is 0 Å². The van der Waals surface area contributed by atoms with E-state index in [9.17, 15) is 19.6 Å². The summed E-state index contributed by atoms with van der Waals surface area (Å²) in [6, 6.07) is 23.0. The molecule has 0 saturated carbocycles. The molecule has 0 radical (unpaired) electrons. The fourth-order valence-corrected chi connectivity index (χ4v) is 5.10. The number of carbonyl (C=O) groups is 1. The van der Waals surface area contributed by atoms with E-state index < -0.39 is 25.9 Å². The van der Waals surface area contributed by atoms with Gasteiger partial charge < -0.3 is 10.2 Å². The average Bonchev–Trinajstić information content (AvgIpc) is 2.69. The number of aliphatic hydroxyl groups is 1. The van der Waals surface area contributed by atoms with Gasteiger partial charge >= 0.3 is 14.4 Å². The molecule has 0 aliphatic rings. The van der Waals surface area contributed by atoms with Gasteiger partial charge in [0.05, 0.1) is 0 Å². The topological polar surface area (TPSA) is 74.6 Å². The number of rotatable bonds is 8. The third-order valence-electron chi connectivity index (χ3n) is 4.65. The Morgan fingerprint density at radius 1 is 1.00 bits per heavy atom. The van der Waals surface area contributed by atoms with E-state index in [1.54, 1.807) is 12.1 Å². The summed E-state index contributed by atoms with van der Waals surface area (Å²) in [7, 11) is -0.895. The van der Waals surface area contributed by atoms with Crippen LogP contribution in [0.1, 0.15) is 11.5 Å². The summed E-state index contributed by atoms with van der Waals surface area (Å²) >= 11 is 1.50. The smallest absolute Gasteiger partial charge is 0.340 e. The van der Waals surface area contributed by atoms with E-state index in [1.807, 2.05) is 60.7 Å². The second kappa shape index (κ2) is 8.66. The molecule has 0 saturated heterocycles. The Morgan fingerprint density at radius 2 is 1.67 bits per heavy atom. The minimum atomic E-state index is -2.08. The minimum absolute atomic E-state index is 0.308. The van der Waals surface area contributed by atoms with Gasteiger partial charge in [-0.15, -0.1) is 11.8 Å². The van der Waals surface area contributed by atoms with Crippen LogP contribution in [0.4, 0.5) is 0 Å². The van der Waals surface area contributed by atoms with Gasteiger partial charge in [-0.2, -0.15) is 0 Å². The van der Waals surface area contributed by atoms with Gasteiger partial charge in [0.2, 0.25) is 5.60 Å². The second-order valence-electron chi connectivity index (χ2n) is 6.30. The molecule has 6 heteroatoms. The number of carboxylic acid groups (broad SMARTS) is 1. The van der Waals surface area contributed by atoms with Gasteiger partial charge in [-0.1, -0.05) is 71.3 Å². The SMILES string of the molecule is O=[PH+]CC(O)(C(=O)O)C(CSc1cccc2ccccc12)c1ccccc1. The first kappa shape index (κ1) is 19.6. The lowest BCUT2D eigenvalue weighted by atomic mass is 9.84. The van der Waals surface area contributed by atoms with Crippen molar-refractivity contribution < 1.29 is 19.6 Å². The Kier molecular flexibility index (Phi) is 6.27. The Hall–Kier alpha value is -2.20. The number of hydrogen-bond donors (Lipinski definition) is 2. The number of fused-ring (bicyclic) bond motifs is 1. The van der Waals surface area contributed by atoms with Crippen LogP contribution in [0.15, 0.2) is 77.7 Å². The predicted octanol–water partition coefficient (Wildman–Crippen LogP) is 4.56. The standard InChI is InChI=1S/C21H19O4PS/c22-20(23)21(24,14-26-25)18(16-8-2-1-3-9-16)13-27-19-12-6-10-15-7-4-5-11-17(15)19/h1-12,18,24H,13-14H2,(H,22,23)/p+1. The van der Waals surface area contributed by atoms with Crippen LogP contribution in [-0.2, 0) is 9.36 Å². The van der Waals surface area contributed by atoms with Gasteiger partial charge in [0.1, 0.15) is 0 Å². The normalized spacial score (nSPS) is 14.7. The highest BCUT2D eigenvalue weighted by Crippen LogP contribution is 2.38. The van der Waals surface area contributed by atoms with Crippen LogP contribution in [0.2, 0.25) is 0 Å². The first-order chi connectivity index (χ1) is 13.1. The van der Waals surface area contributed by atoms with Gasteiger partial charge in [0.15, 0.2) is 6.16 Å². The van der Waals surface area contributed by atoms with Gasteiger partial charge in [-0.3, -0.25) is 0 Å². The molecule has 2 N–H and O–H groups in total. The number of benzene rings is 3. The third kappa shape index (κ3) is 4.22. The van der Waals surface area contributed by atoms with E-state index in [0.717, 1.165) is 15.7 Å². The molecule has 0 aromatic heterocycles. The van der Waals surface area contributed by atoms with E-state index >= 15 is 0 Å². The molecular formula is C21H20O4PS+. The molecule has 0 bridgehead atoms. The maximum Gasteiger partial charge on any atom is 0.340 e. The average molecular weight is 399 g/mol. The molecule has 0 aliphatic carbocycles. The molecule has 0 aliphatic heterocycles. The van der Waals surface area contributed by atoms with E-state index in [-0.39, 0.29) is 6.16 Å². The Bertz CT molecular complexity index is 942. The first-order valence-corrected chi connectivity index (χ1v) is 10.6. The Labute approximate surface area is 163 Å². The van der Waals surface area contributed by atoms with E-state index in [1.165, 1.54) is 11.8 Å². The number of hydrogen-bond acceptors (Lipinski definition) is 4. The van der Waals surface area contributed by atoms with Crippen LogP contribution >= 0.6 is 20.2 Å². The molecule has 138 valence electrons. The summed E-state index contributed by atoms with van der Waals surface area (Å²) in [5, 5.41) is 22.7. The number of thioether (sulfide) groups is 1. The zero-order valence-corrected chi connectivity index (χ0v) is 16.4. The molecule has 0 spiro atoms. The molecular weight excluding hydrogens is 379 g/mol. The highest BCUT2D eigenvalue weighted by molar-refractivity contribution is 7.99. The van der Waals surface area contributed by atoms with Gasteiger partial charge in [0.25, 0.3) is 0 Å². The van der Waals surface area contributed by atoms with Crippen molar-refractivity contribution in [3.8, 4) is 0 Å². The lowest BCUT2D eigenvalue weighted by molar-refractivity contribution is -0.157. The summed E-state index contributed by atoms with van der Waals surface area (Å²) in [6.07, 6.45) is -0.308. The van der Waals surface area contributed by atoms with Crippen molar-refractivity contribution in [1.82, 2.24) is 0 Å². The molecule has 0 amide bonds. The molecule has 3 aromatic carbocycles. The molecule has 4 nitrogen and oxygen atoms in total. The fraction of sp³-hybridized carbons (Fsp3) is 0.190. The predicted molar refractivity (Wildman–Crippen MR) is 110 cm³/mol. The third-order valence-corrected chi connectivity index (χ3v) is 6.50. The van der Waals surface area contributed by atoms with Crippen molar-refractivity contribution in [3.05, 3.63) is 78.4 Å². The summed E-state index contributed by atoms with van der Waals surface area (Å²) < 4.78 is 11.2. The van der Waals surface area contributed by atoms with Gasteiger partial charge in [-0.05, 0) is 22.4 Å². The van der Waals surface area contributed by atoms with Crippen LogP contribution in [0.3, 0.4) is 0 Å². The highest BCUT2D eigenvalue weighted by atomic mass is 32.2. The van der Waals surface area contributed by atoms with Crippen molar-refractivity contribution >= 4 is 37.0 Å². The van der Waals surface area contributed by atoms with E-state index in [0.29, 0.717) is 11.3 Å². The molecule has 3 unspecified atom stereocenters. The van der Waals surface area contributed by atoms with Crippen molar-refractivity contribution in [2.45, 2.75) is 16.4 Å².